The molecule has 1 aliphatic carbocycles. The number of Topliss-reactive ketones (excluding diaryl/α,β-unsaturated/α-hetero) is 1. The van der Waals surface area contributed by atoms with Gasteiger partial charge in [0.25, 0.3) is 0 Å². The number of carbonyl (C=O) groups is 1. The van der Waals surface area contributed by atoms with Crippen molar-refractivity contribution < 1.29 is 4.79 Å². The summed E-state index contributed by atoms with van der Waals surface area (Å²) in [6.07, 6.45) is 7.17. The largest absolute Gasteiger partial charge is 0.299 e. The quantitative estimate of drug-likeness (QED) is 0.668. The van der Waals surface area contributed by atoms with Crippen LogP contribution in [-0.4, -0.2) is 5.78 Å². The van der Waals surface area contributed by atoms with E-state index in [1.54, 1.807) is 0 Å². The van der Waals surface area contributed by atoms with Gasteiger partial charge in [0.15, 0.2) is 0 Å². The van der Waals surface area contributed by atoms with E-state index in [4.69, 9.17) is 0 Å². The van der Waals surface area contributed by atoms with Gasteiger partial charge in [0, 0.05) is 11.8 Å². The average molecular weight is 196 g/mol. The van der Waals surface area contributed by atoms with Crippen LogP contribution in [0.2, 0.25) is 0 Å². The molecule has 0 aliphatic heterocycles. The molecule has 82 valence electrons. The highest BCUT2D eigenvalue weighted by atomic mass is 16.1. The summed E-state index contributed by atoms with van der Waals surface area (Å²) in [5, 5.41) is 0. The van der Waals surface area contributed by atoms with Crippen molar-refractivity contribution in [1.29, 1.82) is 0 Å². The van der Waals surface area contributed by atoms with Crippen LogP contribution in [-0.2, 0) is 4.79 Å². The molecule has 0 N–H and O–H groups in total. The highest BCUT2D eigenvalue weighted by Gasteiger charge is 2.27. The molecule has 0 aromatic carbocycles. The fourth-order valence-electron chi connectivity index (χ4n) is 2.46. The molecule has 0 aromatic heterocycles. The van der Waals surface area contributed by atoms with E-state index in [-0.39, 0.29) is 5.92 Å². The molecule has 0 heterocycles. The molecule has 14 heavy (non-hydrogen) atoms. The lowest BCUT2D eigenvalue weighted by molar-refractivity contribution is -0.127. The van der Waals surface area contributed by atoms with Crippen LogP contribution in [0, 0.1) is 17.8 Å². The predicted molar refractivity (Wildman–Crippen MR) is 60.2 cm³/mol. The maximum absolute atomic E-state index is 11.9. The molecular weight excluding hydrogens is 172 g/mol. The van der Waals surface area contributed by atoms with Crippen LogP contribution in [0.25, 0.3) is 0 Å². The maximum Gasteiger partial charge on any atom is 0.138 e. The lowest BCUT2D eigenvalue weighted by Crippen LogP contribution is -2.25. The van der Waals surface area contributed by atoms with Gasteiger partial charge in [0.05, 0.1) is 0 Å². The summed E-state index contributed by atoms with van der Waals surface area (Å²) >= 11 is 0. The van der Waals surface area contributed by atoms with Crippen molar-refractivity contribution in [2.45, 2.75) is 59.3 Å². The molecule has 0 amide bonds. The molecule has 1 heteroatoms. The Morgan fingerprint density at radius 3 is 2.21 bits per heavy atom. The van der Waals surface area contributed by atoms with Crippen molar-refractivity contribution in [3.05, 3.63) is 0 Å². The first-order valence-electron chi connectivity index (χ1n) is 6.22. The fourth-order valence-corrected chi connectivity index (χ4v) is 2.46. The Kier molecular flexibility index (Phi) is 4.64. The van der Waals surface area contributed by atoms with E-state index in [0.29, 0.717) is 11.7 Å². The lowest BCUT2D eigenvalue weighted by atomic mass is 9.76. The van der Waals surface area contributed by atoms with E-state index in [1.165, 1.54) is 19.3 Å². The summed E-state index contributed by atoms with van der Waals surface area (Å²) < 4.78 is 0. The Labute approximate surface area is 88.3 Å². The predicted octanol–water partition coefficient (Wildman–Crippen LogP) is 3.82. The Hall–Kier alpha value is -0.330. The van der Waals surface area contributed by atoms with Crippen LogP contribution in [0.1, 0.15) is 59.3 Å². The minimum absolute atomic E-state index is 0.290. The molecule has 1 fully saturated rings. The smallest absolute Gasteiger partial charge is 0.138 e. The molecule has 1 nitrogen and oxygen atoms in total. The van der Waals surface area contributed by atoms with Crippen LogP contribution < -0.4 is 0 Å². The molecule has 0 saturated heterocycles. The number of carbonyl (C=O) groups excluding carboxylic acids is 1. The topological polar surface area (TPSA) is 17.1 Å². The van der Waals surface area contributed by atoms with Crippen LogP contribution in [0.3, 0.4) is 0 Å². The first kappa shape index (κ1) is 11.7. The van der Waals surface area contributed by atoms with Gasteiger partial charge in [-0.1, -0.05) is 27.2 Å². The molecular formula is C13H24O. The lowest BCUT2D eigenvalue weighted by Gasteiger charge is -2.28. The number of ketones is 1. The number of hydrogen-bond donors (Lipinski definition) is 0. The van der Waals surface area contributed by atoms with E-state index < -0.39 is 0 Å². The van der Waals surface area contributed by atoms with Gasteiger partial charge in [0.2, 0.25) is 0 Å². The summed E-state index contributed by atoms with van der Waals surface area (Å²) in [4.78, 5) is 11.9. The summed E-state index contributed by atoms with van der Waals surface area (Å²) in [5.74, 6) is 2.11. The van der Waals surface area contributed by atoms with Crippen LogP contribution in [0.4, 0.5) is 0 Å². The van der Waals surface area contributed by atoms with Crippen molar-refractivity contribution >= 4 is 5.78 Å². The highest BCUT2D eigenvalue weighted by molar-refractivity contribution is 5.83. The van der Waals surface area contributed by atoms with Gasteiger partial charge in [-0.05, 0) is 38.0 Å². The standard InChI is InChI=1S/C13H24O/c1-4-10(3)13(14)12-8-6-11(5-2)7-9-12/h10-12H,4-9H2,1-3H3. The van der Waals surface area contributed by atoms with Crippen LogP contribution >= 0.6 is 0 Å². The van der Waals surface area contributed by atoms with Gasteiger partial charge >= 0.3 is 0 Å². The van der Waals surface area contributed by atoms with Gasteiger partial charge in [0.1, 0.15) is 5.78 Å². The zero-order chi connectivity index (χ0) is 10.6. The van der Waals surface area contributed by atoms with Crippen LogP contribution in [0.5, 0.6) is 0 Å². The molecule has 1 saturated carbocycles. The summed E-state index contributed by atoms with van der Waals surface area (Å²) in [7, 11) is 0. The molecule has 1 atom stereocenters. The van der Waals surface area contributed by atoms with Crippen molar-refractivity contribution in [2.75, 3.05) is 0 Å². The Morgan fingerprint density at radius 1 is 1.21 bits per heavy atom. The second-order valence-corrected chi connectivity index (χ2v) is 4.84. The third kappa shape index (κ3) is 2.83. The monoisotopic (exact) mass is 196 g/mol. The summed E-state index contributed by atoms with van der Waals surface area (Å²) in [6, 6.07) is 0. The average Bonchev–Trinajstić information content (AvgIpc) is 2.27. The first-order chi connectivity index (χ1) is 6.69. The Morgan fingerprint density at radius 2 is 1.79 bits per heavy atom. The Balaban J connectivity index is 2.37. The molecule has 0 radical (unpaired) electrons. The zero-order valence-corrected chi connectivity index (χ0v) is 9.88. The van der Waals surface area contributed by atoms with E-state index in [9.17, 15) is 4.79 Å². The van der Waals surface area contributed by atoms with E-state index in [2.05, 4.69) is 20.8 Å². The SMILES string of the molecule is CCC1CCC(C(=O)C(C)CC)CC1. The van der Waals surface area contributed by atoms with Crippen molar-refractivity contribution in [1.82, 2.24) is 0 Å². The highest BCUT2D eigenvalue weighted by Crippen LogP contribution is 2.32. The van der Waals surface area contributed by atoms with E-state index in [0.717, 1.165) is 25.2 Å². The fraction of sp³-hybridized carbons (Fsp3) is 0.923. The first-order valence-corrected chi connectivity index (χ1v) is 6.22. The second kappa shape index (κ2) is 5.53. The van der Waals surface area contributed by atoms with E-state index >= 15 is 0 Å². The van der Waals surface area contributed by atoms with Crippen LogP contribution in [0.15, 0.2) is 0 Å². The maximum atomic E-state index is 11.9. The van der Waals surface area contributed by atoms with Gasteiger partial charge in [-0.3, -0.25) is 4.79 Å². The minimum atomic E-state index is 0.290. The third-order valence-corrected chi connectivity index (χ3v) is 3.92. The minimum Gasteiger partial charge on any atom is -0.299 e. The third-order valence-electron chi connectivity index (χ3n) is 3.92. The van der Waals surface area contributed by atoms with Gasteiger partial charge < -0.3 is 0 Å². The van der Waals surface area contributed by atoms with Crippen molar-refractivity contribution in [3.8, 4) is 0 Å². The van der Waals surface area contributed by atoms with Crippen molar-refractivity contribution in [3.63, 3.8) is 0 Å². The summed E-state index contributed by atoms with van der Waals surface area (Å²) in [6.45, 7) is 6.45. The Bertz CT molecular complexity index is 178. The molecule has 1 aliphatic rings. The van der Waals surface area contributed by atoms with Gasteiger partial charge in [-0.25, -0.2) is 0 Å². The normalized spacial score (nSPS) is 29.9. The van der Waals surface area contributed by atoms with Gasteiger partial charge in [-0.2, -0.15) is 0 Å². The molecule has 1 unspecified atom stereocenters. The second-order valence-electron chi connectivity index (χ2n) is 4.84. The number of rotatable bonds is 4. The zero-order valence-electron chi connectivity index (χ0n) is 9.88. The molecule has 1 rings (SSSR count). The number of hydrogen-bond acceptors (Lipinski definition) is 1. The molecule has 0 spiro atoms. The van der Waals surface area contributed by atoms with Crippen molar-refractivity contribution in [2.24, 2.45) is 17.8 Å². The molecule has 0 bridgehead atoms. The van der Waals surface area contributed by atoms with Gasteiger partial charge in [-0.15, -0.1) is 0 Å². The van der Waals surface area contributed by atoms with E-state index in [1.807, 2.05) is 0 Å². The molecule has 0 aromatic rings. The summed E-state index contributed by atoms with van der Waals surface area (Å²) in [5.41, 5.74) is 0.